The fraction of sp³-hybridized carbons (Fsp3) is 0.833. The van der Waals surface area contributed by atoms with Crippen LogP contribution in [-0.4, -0.2) is 19.3 Å². The third-order valence-electron chi connectivity index (χ3n) is 3.23. The van der Waals surface area contributed by atoms with Crippen molar-refractivity contribution in [3.63, 3.8) is 0 Å². The second-order valence-electron chi connectivity index (χ2n) is 5.90. The first-order chi connectivity index (χ1) is 6.80. The van der Waals surface area contributed by atoms with Gasteiger partial charge in [0.25, 0.3) is 0 Å². The maximum Gasteiger partial charge on any atom is 0.130 e. The molecule has 0 bridgehead atoms. The molecule has 0 aromatic heterocycles. The first kappa shape index (κ1) is 12.6. The molecule has 0 aromatic rings. The zero-order valence-electron chi connectivity index (χ0n) is 10.3. The minimum atomic E-state index is -1.62. The van der Waals surface area contributed by atoms with Crippen LogP contribution in [0.1, 0.15) is 32.6 Å². The molecule has 15 heavy (non-hydrogen) atoms. The van der Waals surface area contributed by atoms with Crippen molar-refractivity contribution in [1.29, 1.82) is 0 Å². The van der Waals surface area contributed by atoms with E-state index in [1.807, 2.05) is 0 Å². The molecule has 86 valence electrons. The summed E-state index contributed by atoms with van der Waals surface area (Å²) in [7, 11) is -1.62. The minimum Gasteiger partial charge on any atom is -0.305 e. The largest absolute Gasteiger partial charge is 0.305 e. The van der Waals surface area contributed by atoms with Gasteiger partial charge in [0.2, 0.25) is 0 Å². The van der Waals surface area contributed by atoms with E-state index in [0.29, 0.717) is 17.7 Å². The van der Waals surface area contributed by atoms with Crippen LogP contribution in [-0.2, 0) is 9.59 Å². The van der Waals surface area contributed by atoms with E-state index in [-0.39, 0.29) is 11.7 Å². The van der Waals surface area contributed by atoms with E-state index in [0.717, 1.165) is 19.3 Å². The Labute approximate surface area is 93.5 Å². The van der Waals surface area contributed by atoms with E-state index in [2.05, 4.69) is 19.6 Å². The van der Waals surface area contributed by atoms with Gasteiger partial charge >= 0.3 is 0 Å². The molecule has 3 heteroatoms. The van der Waals surface area contributed by atoms with Gasteiger partial charge in [0.05, 0.1) is 0 Å². The van der Waals surface area contributed by atoms with Crippen LogP contribution >= 0.6 is 0 Å². The zero-order valence-corrected chi connectivity index (χ0v) is 11.3. The first-order valence-corrected chi connectivity index (χ1v) is 9.34. The molecule has 0 N–H and O–H groups in total. The number of carbonyl (C=O) groups is 2. The van der Waals surface area contributed by atoms with Crippen LogP contribution in [0.3, 0.4) is 0 Å². The van der Waals surface area contributed by atoms with Gasteiger partial charge in [-0.1, -0.05) is 19.6 Å². The highest BCUT2D eigenvalue weighted by Crippen LogP contribution is 2.35. The topological polar surface area (TPSA) is 34.1 Å². The van der Waals surface area contributed by atoms with Crippen LogP contribution in [0.2, 0.25) is 19.6 Å². The summed E-state index contributed by atoms with van der Waals surface area (Å²) in [6, 6.07) is 0. The second-order valence-corrected chi connectivity index (χ2v) is 10.9. The average Bonchev–Trinajstić information content (AvgIpc) is 2.48. The molecule has 0 heterocycles. The minimum absolute atomic E-state index is 0.265. The van der Waals surface area contributed by atoms with Gasteiger partial charge < -0.3 is 9.59 Å². The van der Waals surface area contributed by atoms with Gasteiger partial charge in [-0.05, 0) is 32.1 Å². The van der Waals surface area contributed by atoms with E-state index in [9.17, 15) is 9.59 Å². The number of carbonyl (C=O) groups excluding carboxylic acids is 2. The third-order valence-corrected chi connectivity index (χ3v) is 5.11. The summed E-state index contributed by atoms with van der Waals surface area (Å²) in [5.41, 5.74) is 0. The maximum atomic E-state index is 12.1. The molecule has 1 rings (SSSR count). The van der Waals surface area contributed by atoms with Crippen molar-refractivity contribution < 1.29 is 9.59 Å². The maximum absolute atomic E-state index is 12.1. The van der Waals surface area contributed by atoms with Gasteiger partial charge in [-0.25, -0.2) is 0 Å². The second kappa shape index (κ2) is 4.60. The molecule has 0 amide bonds. The van der Waals surface area contributed by atoms with Gasteiger partial charge in [0.1, 0.15) is 19.3 Å². The fourth-order valence-electron chi connectivity index (χ4n) is 2.52. The molecular formula is C12H22O2Si. The molecular weight excluding hydrogens is 204 g/mol. The average molecular weight is 226 g/mol. The summed E-state index contributed by atoms with van der Waals surface area (Å²) >= 11 is 0. The number of rotatable bonds is 4. The molecule has 2 nitrogen and oxygen atoms in total. The zero-order chi connectivity index (χ0) is 11.6. The van der Waals surface area contributed by atoms with Gasteiger partial charge in [0.15, 0.2) is 0 Å². The van der Waals surface area contributed by atoms with Crippen molar-refractivity contribution in [1.82, 2.24) is 0 Å². The summed E-state index contributed by atoms with van der Waals surface area (Å²) in [5, 5.41) is 0.508. The van der Waals surface area contributed by atoms with Gasteiger partial charge in [-0.15, -0.1) is 0 Å². The predicted molar refractivity (Wildman–Crippen MR) is 64.5 cm³/mol. The Balaban J connectivity index is 2.50. The number of hydrogen-bond acceptors (Lipinski definition) is 2. The van der Waals surface area contributed by atoms with Crippen molar-refractivity contribution >= 4 is 19.3 Å². The SMILES string of the molecule is CC(=O)C[C@@H]1CC[C@H](C(=O)[Si](C)(C)C)C1. The molecule has 0 saturated heterocycles. The summed E-state index contributed by atoms with van der Waals surface area (Å²) in [6.45, 7) is 8.00. The molecule has 1 aliphatic carbocycles. The van der Waals surface area contributed by atoms with Crippen molar-refractivity contribution in [3.05, 3.63) is 0 Å². The van der Waals surface area contributed by atoms with E-state index in [4.69, 9.17) is 0 Å². The lowest BCUT2D eigenvalue weighted by atomic mass is 10.0. The van der Waals surface area contributed by atoms with Crippen LogP contribution in [0.15, 0.2) is 0 Å². The Morgan fingerprint density at radius 3 is 2.27 bits per heavy atom. The highest BCUT2D eigenvalue weighted by Gasteiger charge is 2.36. The molecule has 0 unspecified atom stereocenters. The monoisotopic (exact) mass is 226 g/mol. The van der Waals surface area contributed by atoms with E-state index < -0.39 is 8.07 Å². The quantitative estimate of drug-likeness (QED) is 0.691. The third kappa shape index (κ3) is 3.56. The summed E-state index contributed by atoms with van der Waals surface area (Å²) in [6.07, 6.45) is 3.72. The Bertz CT molecular complexity index is 265. The molecule has 0 aliphatic heterocycles. The van der Waals surface area contributed by atoms with Crippen molar-refractivity contribution in [2.24, 2.45) is 11.8 Å². The van der Waals surface area contributed by atoms with Crippen molar-refractivity contribution in [2.75, 3.05) is 0 Å². The highest BCUT2D eigenvalue weighted by molar-refractivity contribution is 7.03. The Kier molecular flexibility index (Phi) is 3.87. The van der Waals surface area contributed by atoms with E-state index in [1.54, 1.807) is 6.92 Å². The molecule has 0 radical (unpaired) electrons. The Hall–Kier alpha value is -0.443. The van der Waals surface area contributed by atoms with Gasteiger partial charge in [-0.2, -0.15) is 0 Å². The van der Waals surface area contributed by atoms with Crippen LogP contribution in [0, 0.1) is 11.8 Å². The van der Waals surface area contributed by atoms with Crippen molar-refractivity contribution in [3.8, 4) is 0 Å². The van der Waals surface area contributed by atoms with Crippen molar-refractivity contribution in [2.45, 2.75) is 52.2 Å². The van der Waals surface area contributed by atoms with Crippen LogP contribution in [0.25, 0.3) is 0 Å². The smallest absolute Gasteiger partial charge is 0.130 e. The summed E-state index contributed by atoms with van der Waals surface area (Å²) in [4.78, 5) is 23.1. The van der Waals surface area contributed by atoms with Crippen LogP contribution < -0.4 is 0 Å². The lowest BCUT2D eigenvalue weighted by Crippen LogP contribution is -2.38. The summed E-state index contributed by atoms with van der Waals surface area (Å²) < 4.78 is 0. The van der Waals surface area contributed by atoms with Crippen LogP contribution in [0.4, 0.5) is 0 Å². The molecule has 0 spiro atoms. The Morgan fingerprint density at radius 1 is 1.20 bits per heavy atom. The Morgan fingerprint density at radius 2 is 1.80 bits per heavy atom. The molecule has 1 saturated carbocycles. The predicted octanol–water partition coefficient (Wildman–Crippen LogP) is 2.83. The first-order valence-electron chi connectivity index (χ1n) is 5.84. The number of ketones is 1. The molecule has 1 aliphatic rings. The van der Waals surface area contributed by atoms with E-state index >= 15 is 0 Å². The fourth-order valence-corrected chi connectivity index (χ4v) is 4.00. The molecule has 2 atom stereocenters. The number of hydrogen-bond donors (Lipinski definition) is 0. The standard InChI is InChI=1S/C12H22O2Si/c1-9(13)7-10-5-6-11(8-10)12(14)15(2,3)4/h10-11H,5-8H2,1-4H3/t10-,11-/m0/s1. The summed E-state index contributed by atoms with van der Waals surface area (Å²) in [5.74, 6) is 1.01. The molecule has 1 fully saturated rings. The highest BCUT2D eigenvalue weighted by atomic mass is 28.3. The lowest BCUT2D eigenvalue weighted by Gasteiger charge is -2.19. The molecule has 0 aromatic carbocycles. The van der Waals surface area contributed by atoms with Crippen LogP contribution in [0.5, 0.6) is 0 Å². The van der Waals surface area contributed by atoms with E-state index in [1.165, 1.54) is 0 Å². The normalized spacial score (nSPS) is 26.7. The lowest BCUT2D eigenvalue weighted by molar-refractivity contribution is -0.118. The number of Topliss-reactive ketones (excluding diaryl/α,β-unsaturated/α-hetero) is 1. The van der Waals surface area contributed by atoms with Gasteiger partial charge in [0, 0.05) is 12.3 Å². The van der Waals surface area contributed by atoms with Gasteiger partial charge in [-0.3, -0.25) is 0 Å².